The normalized spacial score (nSPS) is 11.3. The lowest BCUT2D eigenvalue weighted by Crippen LogP contribution is -2.05. The molecule has 1 N–H and O–H groups in total. The van der Waals surface area contributed by atoms with Crippen LogP contribution in [0.3, 0.4) is 0 Å². The van der Waals surface area contributed by atoms with Crippen molar-refractivity contribution in [1.82, 2.24) is 4.98 Å². The molecule has 15 heavy (non-hydrogen) atoms. The molecule has 1 rings (SSSR count). The first-order valence-corrected chi connectivity index (χ1v) is 5.12. The summed E-state index contributed by atoms with van der Waals surface area (Å²) in [5.41, 5.74) is 0. The second-order valence-corrected chi connectivity index (χ2v) is 4.03. The first-order chi connectivity index (χ1) is 7.09. The topological polar surface area (TPSA) is 53.4 Å². The second-order valence-electron chi connectivity index (χ2n) is 2.99. The van der Waals surface area contributed by atoms with Gasteiger partial charge in [0.1, 0.15) is 10.0 Å². The Bertz CT molecular complexity index is 394. The summed E-state index contributed by atoms with van der Waals surface area (Å²) in [5.74, 6) is -0.951. The third-order valence-electron chi connectivity index (χ3n) is 1.54. The smallest absolute Gasteiger partial charge is 0.328 e. The summed E-state index contributed by atoms with van der Waals surface area (Å²) in [7, 11) is 3.90. The number of anilines is 1. The summed E-state index contributed by atoms with van der Waals surface area (Å²) < 4.78 is 0. The number of allylic oxidation sites excluding steroid dienone is 2. The fourth-order valence-corrected chi connectivity index (χ4v) is 1.59. The molecule has 0 atom stereocenters. The summed E-state index contributed by atoms with van der Waals surface area (Å²) >= 11 is 1.55. The predicted molar refractivity (Wildman–Crippen MR) is 62.3 cm³/mol. The van der Waals surface area contributed by atoms with E-state index in [1.54, 1.807) is 29.7 Å². The van der Waals surface area contributed by atoms with E-state index in [4.69, 9.17) is 5.11 Å². The molecule has 1 aromatic heterocycles. The van der Waals surface area contributed by atoms with Gasteiger partial charge in [-0.15, -0.1) is 0 Å². The van der Waals surface area contributed by atoms with Gasteiger partial charge >= 0.3 is 5.97 Å². The molecule has 5 heteroatoms. The van der Waals surface area contributed by atoms with Gasteiger partial charge in [0.15, 0.2) is 0 Å². The SMILES string of the molecule is CN(C)c1cnc(/C=C/C=C/C(=O)O)s1. The van der Waals surface area contributed by atoms with Crippen molar-refractivity contribution in [2.75, 3.05) is 19.0 Å². The zero-order valence-electron chi connectivity index (χ0n) is 8.54. The molecule has 0 fully saturated rings. The monoisotopic (exact) mass is 224 g/mol. The number of thiazole rings is 1. The Morgan fingerprint density at radius 3 is 2.80 bits per heavy atom. The largest absolute Gasteiger partial charge is 0.478 e. The quantitative estimate of drug-likeness (QED) is 0.626. The molecule has 4 nitrogen and oxygen atoms in total. The number of carboxylic acid groups (broad SMARTS) is 1. The van der Waals surface area contributed by atoms with Crippen molar-refractivity contribution in [3.05, 3.63) is 29.4 Å². The highest BCUT2D eigenvalue weighted by atomic mass is 32.1. The number of rotatable bonds is 4. The summed E-state index contributed by atoms with van der Waals surface area (Å²) in [6, 6.07) is 0. The molecule has 0 aromatic carbocycles. The Morgan fingerprint density at radius 2 is 2.27 bits per heavy atom. The number of aliphatic carboxylic acids is 1. The van der Waals surface area contributed by atoms with Gasteiger partial charge in [-0.25, -0.2) is 9.78 Å². The Kier molecular flexibility index (Phi) is 4.05. The molecular weight excluding hydrogens is 212 g/mol. The van der Waals surface area contributed by atoms with Gasteiger partial charge in [0, 0.05) is 20.2 Å². The summed E-state index contributed by atoms with van der Waals surface area (Å²) in [5, 5.41) is 10.3. The zero-order valence-corrected chi connectivity index (χ0v) is 9.36. The van der Waals surface area contributed by atoms with Crippen molar-refractivity contribution >= 4 is 28.4 Å². The van der Waals surface area contributed by atoms with Crippen LogP contribution in [0.4, 0.5) is 5.00 Å². The van der Waals surface area contributed by atoms with Gasteiger partial charge in [0.05, 0.1) is 6.20 Å². The molecule has 0 radical (unpaired) electrons. The molecule has 0 unspecified atom stereocenters. The molecule has 80 valence electrons. The Balaban J connectivity index is 2.61. The summed E-state index contributed by atoms with van der Waals surface area (Å²) in [6.45, 7) is 0. The molecule has 1 aromatic rings. The van der Waals surface area contributed by atoms with Crippen molar-refractivity contribution in [3.63, 3.8) is 0 Å². The lowest BCUT2D eigenvalue weighted by atomic mass is 10.4. The van der Waals surface area contributed by atoms with E-state index < -0.39 is 5.97 Å². The molecule has 0 aliphatic heterocycles. The van der Waals surface area contributed by atoms with Crippen molar-refractivity contribution < 1.29 is 9.90 Å². The minimum absolute atomic E-state index is 0.855. The standard InChI is InChI=1S/C10H12N2O2S/c1-12(2)9-7-11-8(15-9)5-3-4-6-10(13)14/h3-7H,1-2H3,(H,13,14)/b5-3+,6-4+. The van der Waals surface area contributed by atoms with Gasteiger partial charge < -0.3 is 10.0 Å². The van der Waals surface area contributed by atoms with E-state index in [0.717, 1.165) is 16.1 Å². The van der Waals surface area contributed by atoms with Crippen molar-refractivity contribution in [3.8, 4) is 0 Å². The van der Waals surface area contributed by atoms with E-state index in [9.17, 15) is 4.79 Å². The number of carboxylic acids is 1. The Hall–Kier alpha value is -1.62. The van der Waals surface area contributed by atoms with Crippen molar-refractivity contribution in [2.24, 2.45) is 0 Å². The van der Waals surface area contributed by atoms with Crippen LogP contribution in [0.5, 0.6) is 0 Å². The molecule has 0 aliphatic rings. The van der Waals surface area contributed by atoms with E-state index >= 15 is 0 Å². The highest BCUT2D eigenvalue weighted by molar-refractivity contribution is 7.16. The van der Waals surface area contributed by atoms with Crippen LogP contribution < -0.4 is 4.90 Å². The fourth-order valence-electron chi connectivity index (χ4n) is 0.838. The number of aromatic nitrogens is 1. The summed E-state index contributed by atoms with van der Waals surface area (Å²) in [4.78, 5) is 16.3. The maximum absolute atomic E-state index is 10.2. The van der Waals surface area contributed by atoms with Gasteiger partial charge in [-0.3, -0.25) is 0 Å². The lowest BCUT2D eigenvalue weighted by molar-refractivity contribution is -0.131. The van der Waals surface area contributed by atoms with Crippen LogP contribution in [0.1, 0.15) is 5.01 Å². The molecule has 0 amide bonds. The number of nitrogens with zero attached hydrogens (tertiary/aromatic N) is 2. The minimum atomic E-state index is -0.951. The molecule has 0 aliphatic carbocycles. The third kappa shape index (κ3) is 3.95. The van der Waals surface area contributed by atoms with Crippen LogP contribution in [0, 0.1) is 0 Å². The number of carbonyl (C=O) groups is 1. The van der Waals surface area contributed by atoms with Gasteiger partial charge in [-0.1, -0.05) is 23.5 Å². The van der Waals surface area contributed by atoms with Gasteiger partial charge in [-0.2, -0.15) is 0 Å². The zero-order chi connectivity index (χ0) is 11.3. The molecule has 0 bridgehead atoms. The van der Waals surface area contributed by atoms with Crippen molar-refractivity contribution in [1.29, 1.82) is 0 Å². The molecule has 1 heterocycles. The Labute approximate surface area is 92.2 Å². The fraction of sp³-hybridized carbons (Fsp3) is 0.200. The van der Waals surface area contributed by atoms with Gasteiger partial charge in [0.25, 0.3) is 0 Å². The van der Waals surface area contributed by atoms with Crippen LogP contribution in [0.25, 0.3) is 6.08 Å². The minimum Gasteiger partial charge on any atom is -0.478 e. The third-order valence-corrected chi connectivity index (χ3v) is 2.67. The van der Waals surface area contributed by atoms with Crippen LogP contribution in [-0.4, -0.2) is 30.2 Å². The van der Waals surface area contributed by atoms with Crippen LogP contribution in [0.2, 0.25) is 0 Å². The number of hydrogen-bond acceptors (Lipinski definition) is 4. The molecule has 0 spiro atoms. The predicted octanol–water partition coefficient (Wildman–Crippen LogP) is 1.86. The van der Waals surface area contributed by atoms with E-state index in [1.165, 1.54) is 6.08 Å². The molecule has 0 saturated carbocycles. The average Bonchev–Trinajstić information content (AvgIpc) is 2.60. The highest BCUT2D eigenvalue weighted by Crippen LogP contribution is 2.21. The van der Waals surface area contributed by atoms with E-state index in [-0.39, 0.29) is 0 Å². The van der Waals surface area contributed by atoms with E-state index in [1.807, 2.05) is 19.0 Å². The highest BCUT2D eigenvalue weighted by Gasteiger charge is 1.99. The average molecular weight is 224 g/mol. The van der Waals surface area contributed by atoms with Crippen LogP contribution in [-0.2, 0) is 4.79 Å². The summed E-state index contributed by atoms with van der Waals surface area (Å²) in [6.07, 6.45) is 7.77. The van der Waals surface area contributed by atoms with E-state index in [2.05, 4.69) is 4.98 Å². The van der Waals surface area contributed by atoms with Gasteiger partial charge in [0.2, 0.25) is 0 Å². The maximum atomic E-state index is 10.2. The Morgan fingerprint density at radius 1 is 1.53 bits per heavy atom. The van der Waals surface area contributed by atoms with Crippen LogP contribution in [0.15, 0.2) is 24.4 Å². The first-order valence-electron chi connectivity index (χ1n) is 4.30. The molecular formula is C10H12N2O2S. The van der Waals surface area contributed by atoms with E-state index in [0.29, 0.717) is 0 Å². The van der Waals surface area contributed by atoms with Crippen LogP contribution >= 0.6 is 11.3 Å². The lowest BCUT2D eigenvalue weighted by Gasteiger charge is -2.05. The first kappa shape index (κ1) is 11.5. The molecule has 0 saturated heterocycles. The van der Waals surface area contributed by atoms with Gasteiger partial charge in [-0.05, 0) is 6.08 Å². The number of hydrogen-bond donors (Lipinski definition) is 1. The van der Waals surface area contributed by atoms with Crippen molar-refractivity contribution in [2.45, 2.75) is 0 Å². The maximum Gasteiger partial charge on any atom is 0.328 e. The second kappa shape index (κ2) is 5.31.